The SMILES string of the molecule is NC(=O)/C=C\NI. The summed E-state index contributed by atoms with van der Waals surface area (Å²) in [6.45, 7) is 0. The Labute approximate surface area is 55.4 Å². The molecule has 1 amide bonds. The van der Waals surface area contributed by atoms with Crippen LogP contribution in [0.1, 0.15) is 0 Å². The van der Waals surface area contributed by atoms with Crippen molar-refractivity contribution in [2.75, 3.05) is 0 Å². The van der Waals surface area contributed by atoms with Crippen LogP contribution in [0.15, 0.2) is 12.3 Å². The van der Waals surface area contributed by atoms with E-state index in [1.807, 2.05) is 22.9 Å². The normalized spacial score (nSPS) is 9.29. The molecule has 0 atom stereocenters. The number of hydrogen-bond donors (Lipinski definition) is 2. The molecule has 0 heterocycles. The Morgan fingerprint density at radius 3 is 2.57 bits per heavy atom. The first-order valence-corrected chi connectivity index (χ1v) is 2.67. The molecule has 0 aromatic carbocycles. The lowest BCUT2D eigenvalue weighted by molar-refractivity contribution is -0.113. The molecule has 0 bridgehead atoms. The van der Waals surface area contributed by atoms with Gasteiger partial charge in [0.25, 0.3) is 0 Å². The van der Waals surface area contributed by atoms with Gasteiger partial charge in [0.05, 0.1) is 22.9 Å². The summed E-state index contributed by atoms with van der Waals surface area (Å²) in [7, 11) is 0. The van der Waals surface area contributed by atoms with Crippen molar-refractivity contribution in [1.82, 2.24) is 3.53 Å². The Morgan fingerprint density at radius 1 is 1.86 bits per heavy atom. The average Bonchev–Trinajstić information content (AvgIpc) is 1.61. The zero-order chi connectivity index (χ0) is 5.70. The molecular weight excluding hydrogens is 207 g/mol. The highest BCUT2D eigenvalue weighted by molar-refractivity contribution is 14.1. The molecular formula is C3H5IN2O. The number of carbonyl (C=O) groups excluding carboxylic acids is 1. The summed E-state index contributed by atoms with van der Waals surface area (Å²) < 4.78 is 2.59. The Hall–Kier alpha value is -0.260. The lowest BCUT2D eigenvalue weighted by Gasteiger charge is -1.77. The maximum atomic E-state index is 9.85. The molecule has 7 heavy (non-hydrogen) atoms. The molecule has 4 heteroatoms. The minimum atomic E-state index is -0.441. The van der Waals surface area contributed by atoms with Gasteiger partial charge in [-0.1, -0.05) is 0 Å². The third kappa shape index (κ3) is 5.74. The molecule has 0 saturated heterocycles. The Balaban J connectivity index is 3.26. The first-order valence-electron chi connectivity index (χ1n) is 1.59. The van der Waals surface area contributed by atoms with E-state index in [2.05, 4.69) is 3.53 Å². The van der Waals surface area contributed by atoms with Gasteiger partial charge in [-0.25, -0.2) is 0 Å². The molecule has 40 valence electrons. The lowest BCUT2D eigenvalue weighted by atomic mass is 10.6. The zero-order valence-corrected chi connectivity index (χ0v) is 5.68. The first kappa shape index (κ1) is 6.74. The third-order valence-corrected chi connectivity index (χ3v) is 0.670. The van der Waals surface area contributed by atoms with Crippen molar-refractivity contribution in [3.63, 3.8) is 0 Å². The monoisotopic (exact) mass is 212 g/mol. The summed E-state index contributed by atoms with van der Waals surface area (Å²) in [5.74, 6) is -0.441. The number of primary amides is 1. The summed E-state index contributed by atoms with van der Waals surface area (Å²) in [6, 6.07) is 0. The second kappa shape index (κ2) is 3.91. The van der Waals surface area contributed by atoms with Gasteiger partial charge < -0.3 is 9.26 Å². The summed E-state index contributed by atoms with van der Waals surface area (Å²) in [5, 5.41) is 0. The molecule has 3 nitrogen and oxygen atoms in total. The van der Waals surface area contributed by atoms with E-state index in [0.29, 0.717) is 0 Å². The van der Waals surface area contributed by atoms with Crippen molar-refractivity contribution in [2.45, 2.75) is 0 Å². The van der Waals surface area contributed by atoms with Crippen LogP contribution in [-0.2, 0) is 4.79 Å². The van der Waals surface area contributed by atoms with Crippen LogP contribution < -0.4 is 9.26 Å². The van der Waals surface area contributed by atoms with Crippen LogP contribution in [0.25, 0.3) is 0 Å². The topological polar surface area (TPSA) is 55.1 Å². The largest absolute Gasteiger partial charge is 0.366 e. The number of halogens is 1. The van der Waals surface area contributed by atoms with Gasteiger partial charge in [-0.2, -0.15) is 0 Å². The molecule has 0 unspecified atom stereocenters. The molecule has 0 aromatic heterocycles. The van der Waals surface area contributed by atoms with Crippen LogP contribution >= 0.6 is 22.9 Å². The second-order valence-electron chi connectivity index (χ2n) is 0.845. The molecule has 0 aliphatic heterocycles. The van der Waals surface area contributed by atoms with E-state index in [9.17, 15) is 4.79 Å². The van der Waals surface area contributed by atoms with E-state index in [0.717, 1.165) is 0 Å². The first-order chi connectivity index (χ1) is 3.27. The van der Waals surface area contributed by atoms with Gasteiger partial charge in [-0.05, 0) is 0 Å². The molecule has 0 aliphatic carbocycles. The van der Waals surface area contributed by atoms with Crippen LogP contribution in [0.5, 0.6) is 0 Å². The fraction of sp³-hybridized carbons (Fsp3) is 0. The van der Waals surface area contributed by atoms with Gasteiger partial charge in [0.2, 0.25) is 5.91 Å². The molecule has 0 fully saturated rings. The minimum absolute atomic E-state index is 0.441. The summed E-state index contributed by atoms with van der Waals surface area (Å²) in [6.07, 6.45) is 2.70. The van der Waals surface area contributed by atoms with E-state index >= 15 is 0 Å². The molecule has 0 rings (SSSR count). The van der Waals surface area contributed by atoms with Crippen LogP contribution in [0.2, 0.25) is 0 Å². The van der Waals surface area contributed by atoms with Crippen molar-refractivity contribution < 1.29 is 4.79 Å². The fourth-order valence-corrected chi connectivity index (χ4v) is 0.293. The van der Waals surface area contributed by atoms with Crippen molar-refractivity contribution in [2.24, 2.45) is 5.73 Å². The maximum Gasteiger partial charge on any atom is 0.242 e. The van der Waals surface area contributed by atoms with Crippen molar-refractivity contribution in [1.29, 1.82) is 0 Å². The smallest absolute Gasteiger partial charge is 0.242 e. The number of hydrogen-bond acceptors (Lipinski definition) is 2. The summed E-state index contributed by atoms with van der Waals surface area (Å²) >= 11 is 1.88. The number of nitrogens with two attached hydrogens (primary N) is 1. The van der Waals surface area contributed by atoms with Gasteiger partial charge in [0.15, 0.2) is 0 Å². The maximum absolute atomic E-state index is 9.85. The Kier molecular flexibility index (Phi) is 3.77. The molecule has 0 aliphatic rings. The van der Waals surface area contributed by atoms with E-state index in [1.165, 1.54) is 12.3 Å². The molecule has 3 N–H and O–H groups in total. The summed E-state index contributed by atoms with van der Waals surface area (Å²) in [5.41, 5.74) is 4.71. The highest BCUT2D eigenvalue weighted by Gasteiger charge is 1.75. The highest BCUT2D eigenvalue weighted by atomic mass is 127. The van der Waals surface area contributed by atoms with Crippen LogP contribution in [0.4, 0.5) is 0 Å². The molecule has 0 spiro atoms. The van der Waals surface area contributed by atoms with Crippen molar-refractivity contribution in [3.05, 3.63) is 12.3 Å². The molecule has 0 saturated carbocycles. The zero-order valence-electron chi connectivity index (χ0n) is 3.52. The minimum Gasteiger partial charge on any atom is -0.366 e. The average molecular weight is 212 g/mol. The Morgan fingerprint density at radius 2 is 2.43 bits per heavy atom. The number of nitrogens with one attached hydrogen (secondary N) is 1. The van der Waals surface area contributed by atoms with Gasteiger partial charge in [-0.15, -0.1) is 0 Å². The number of rotatable bonds is 2. The van der Waals surface area contributed by atoms with Crippen LogP contribution in [0.3, 0.4) is 0 Å². The third-order valence-electron chi connectivity index (χ3n) is 0.311. The van der Waals surface area contributed by atoms with Gasteiger partial charge >= 0.3 is 0 Å². The number of amides is 1. The van der Waals surface area contributed by atoms with E-state index in [-0.39, 0.29) is 0 Å². The predicted molar refractivity (Wildman–Crippen MR) is 35.5 cm³/mol. The molecule has 0 radical (unpaired) electrons. The lowest BCUT2D eigenvalue weighted by Crippen LogP contribution is -2.06. The van der Waals surface area contributed by atoms with E-state index in [1.54, 1.807) is 0 Å². The highest BCUT2D eigenvalue weighted by Crippen LogP contribution is 1.69. The van der Waals surface area contributed by atoms with Gasteiger partial charge in [0.1, 0.15) is 0 Å². The quantitative estimate of drug-likeness (QED) is 0.382. The Bertz CT molecular complexity index is 90.9. The van der Waals surface area contributed by atoms with Crippen LogP contribution in [-0.4, -0.2) is 5.91 Å². The number of carbonyl (C=O) groups is 1. The van der Waals surface area contributed by atoms with E-state index < -0.39 is 5.91 Å². The standard InChI is InChI=1S/C3H5IN2O/c4-6-2-1-3(5)7/h1-2,6H,(H2,5,7)/b2-1-. The van der Waals surface area contributed by atoms with Crippen LogP contribution in [0, 0.1) is 0 Å². The van der Waals surface area contributed by atoms with Crippen molar-refractivity contribution >= 4 is 28.8 Å². The summed E-state index contributed by atoms with van der Waals surface area (Å²) in [4.78, 5) is 9.85. The molecule has 0 aromatic rings. The van der Waals surface area contributed by atoms with Gasteiger partial charge in [-0.3, -0.25) is 4.79 Å². The fourth-order valence-electron chi connectivity index (χ4n) is 0.114. The predicted octanol–water partition coefficient (Wildman–Crippen LogP) is -0.0750. The van der Waals surface area contributed by atoms with Gasteiger partial charge in [0, 0.05) is 12.3 Å². The second-order valence-corrected chi connectivity index (χ2v) is 1.47. The van der Waals surface area contributed by atoms with Crippen molar-refractivity contribution in [3.8, 4) is 0 Å². The van der Waals surface area contributed by atoms with E-state index in [4.69, 9.17) is 5.73 Å².